The van der Waals surface area contributed by atoms with E-state index in [0.717, 1.165) is 48.0 Å². The van der Waals surface area contributed by atoms with E-state index in [4.69, 9.17) is 4.98 Å². The number of carbonyl (C=O) groups excluding carboxylic acids is 1. The van der Waals surface area contributed by atoms with Crippen LogP contribution < -0.4 is 10.2 Å². The molecule has 0 bridgehead atoms. The highest BCUT2D eigenvalue weighted by molar-refractivity contribution is 7.13. The minimum Gasteiger partial charge on any atom is -0.357 e. The minimum absolute atomic E-state index is 0.272. The van der Waals surface area contributed by atoms with Crippen molar-refractivity contribution in [3.63, 3.8) is 0 Å². The fourth-order valence-corrected chi connectivity index (χ4v) is 4.18. The van der Waals surface area contributed by atoms with Crippen molar-refractivity contribution in [3.8, 4) is 10.6 Å². The van der Waals surface area contributed by atoms with E-state index in [2.05, 4.69) is 20.2 Å². The first-order chi connectivity index (χ1) is 13.8. The largest absolute Gasteiger partial charge is 0.357 e. The Balaban J connectivity index is 1.51. The molecule has 0 aliphatic carbocycles. The van der Waals surface area contributed by atoms with Crippen molar-refractivity contribution in [1.82, 2.24) is 19.4 Å². The molecule has 1 saturated heterocycles. The lowest BCUT2D eigenvalue weighted by Gasteiger charge is -2.16. The second-order valence-corrected chi connectivity index (χ2v) is 7.57. The van der Waals surface area contributed by atoms with Gasteiger partial charge in [-0.2, -0.15) is 0 Å². The van der Waals surface area contributed by atoms with Gasteiger partial charge >= 0.3 is 0 Å². The summed E-state index contributed by atoms with van der Waals surface area (Å²) < 4.78 is 1.88. The number of rotatable bonds is 4. The van der Waals surface area contributed by atoms with E-state index in [9.17, 15) is 4.79 Å². The Morgan fingerprint density at radius 1 is 1.11 bits per heavy atom. The van der Waals surface area contributed by atoms with E-state index >= 15 is 0 Å². The second-order valence-electron chi connectivity index (χ2n) is 6.62. The van der Waals surface area contributed by atoms with Crippen LogP contribution in [0.3, 0.4) is 0 Å². The van der Waals surface area contributed by atoms with E-state index < -0.39 is 0 Å². The van der Waals surface area contributed by atoms with Crippen molar-refractivity contribution in [3.05, 3.63) is 60.0 Å². The number of thiophene rings is 1. The van der Waals surface area contributed by atoms with Crippen LogP contribution in [-0.2, 0) is 0 Å². The Morgan fingerprint density at radius 2 is 2.00 bits per heavy atom. The van der Waals surface area contributed by atoms with E-state index in [1.54, 1.807) is 17.4 Å². The van der Waals surface area contributed by atoms with E-state index in [1.165, 1.54) is 6.33 Å². The molecule has 0 unspecified atom stereocenters. The van der Waals surface area contributed by atoms with E-state index in [0.29, 0.717) is 11.5 Å². The molecule has 0 atom stereocenters. The summed E-state index contributed by atoms with van der Waals surface area (Å²) >= 11 is 1.59. The number of anilines is 2. The first-order valence-corrected chi connectivity index (χ1v) is 10.1. The number of hydrogen-bond acceptors (Lipinski definition) is 6. The molecular weight excluding hydrogens is 372 g/mol. The van der Waals surface area contributed by atoms with Crippen LogP contribution >= 0.6 is 11.3 Å². The molecule has 7 nitrogen and oxygen atoms in total. The van der Waals surface area contributed by atoms with E-state index in [1.807, 2.05) is 46.3 Å². The maximum atomic E-state index is 13.0. The van der Waals surface area contributed by atoms with Gasteiger partial charge in [0.1, 0.15) is 35.0 Å². The molecule has 1 amide bonds. The molecule has 1 fully saturated rings. The standard InChI is InChI=1S/C20H18N6OS/c27-20(14-12-17(22-13-21-14)25-8-3-4-9-25)24-19-18(15-6-5-11-28-15)23-16-7-1-2-10-26(16)19/h1-2,5-7,10-13H,3-4,8-9H2,(H,24,27). The van der Waals surface area contributed by atoms with Gasteiger partial charge in [0.05, 0.1) is 4.88 Å². The highest BCUT2D eigenvalue weighted by atomic mass is 32.1. The second kappa shape index (κ2) is 7.05. The van der Waals surface area contributed by atoms with Crippen molar-refractivity contribution in [1.29, 1.82) is 0 Å². The summed E-state index contributed by atoms with van der Waals surface area (Å²) in [5, 5.41) is 5.01. The summed E-state index contributed by atoms with van der Waals surface area (Å²) in [7, 11) is 0. The van der Waals surface area contributed by atoms with Crippen LogP contribution in [0.25, 0.3) is 16.2 Å². The smallest absolute Gasteiger partial charge is 0.275 e. The first-order valence-electron chi connectivity index (χ1n) is 9.19. The zero-order chi connectivity index (χ0) is 18.9. The van der Waals surface area contributed by atoms with Crippen molar-refractivity contribution in [2.45, 2.75) is 12.8 Å². The topological polar surface area (TPSA) is 75.4 Å². The fraction of sp³-hybridized carbons (Fsp3) is 0.200. The summed E-state index contributed by atoms with van der Waals surface area (Å²) in [5.41, 5.74) is 1.88. The molecule has 4 aromatic heterocycles. The summed E-state index contributed by atoms with van der Waals surface area (Å²) in [4.78, 5) is 29.4. The number of hydrogen-bond donors (Lipinski definition) is 1. The van der Waals surface area contributed by atoms with Crippen molar-refractivity contribution < 1.29 is 4.79 Å². The Morgan fingerprint density at radius 3 is 2.82 bits per heavy atom. The van der Waals surface area contributed by atoms with Crippen LogP contribution in [0.15, 0.2) is 54.3 Å². The molecule has 140 valence electrons. The molecule has 0 radical (unpaired) electrons. The van der Waals surface area contributed by atoms with Crippen LogP contribution in [0.2, 0.25) is 0 Å². The number of fused-ring (bicyclic) bond motifs is 1. The molecular formula is C20H18N6OS. The summed E-state index contributed by atoms with van der Waals surface area (Å²) in [6.07, 6.45) is 5.65. The zero-order valence-corrected chi connectivity index (χ0v) is 15.9. The predicted octanol–water partition coefficient (Wildman–Crippen LogP) is 3.71. The SMILES string of the molecule is O=C(Nc1c(-c2cccs2)nc2ccccn12)c1cc(N2CCCC2)ncn1. The Kier molecular flexibility index (Phi) is 4.25. The molecule has 28 heavy (non-hydrogen) atoms. The van der Waals surface area contributed by atoms with Crippen LogP contribution in [0.5, 0.6) is 0 Å². The van der Waals surface area contributed by atoms with Gasteiger partial charge in [0.25, 0.3) is 5.91 Å². The number of carbonyl (C=O) groups is 1. The molecule has 0 saturated carbocycles. The fourth-order valence-electron chi connectivity index (χ4n) is 3.46. The quantitative estimate of drug-likeness (QED) is 0.575. The van der Waals surface area contributed by atoms with Gasteiger partial charge in [-0.05, 0) is 36.4 Å². The lowest BCUT2D eigenvalue weighted by atomic mass is 10.3. The van der Waals surface area contributed by atoms with Crippen molar-refractivity contribution in [2.75, 3.05) is 23.3 Å². The highest BCUT2D eigenvalue weighted by Gasteiger charge is 2.20. The normalized spacial score (nSPS) is 13.9. The number of nitrogens with one attached hydrogen (secondary N) is 1. The number of imidazole rings is 1. The molecule has 1 aliphatic rings. The summed E-state index contributed by atoms with van der Waals surface area (Å²) in [5.74, 6) is 1.17. The summed E-state index contributed by atoms with van der Waals surface area (Å²) in [6.45, 7) is 1.93. The molecule has 8 heteroatoms. The van der Waals surface area contributed by atoms with Gasteiger partial charge in [0.2, 0.25) is 0 Å². The van der Waals surface area contributed by atoms with Crippen molar-refractivity contribution >= 4 is 34.5 Å². The number of amides is 1. The lowest BCUT2D eigenvalue weighted by molar-refractivity contribution is 0.102. The number of aromatic nitrogens is 4. The zero-order valence-electron chi connectivity index (χ0n) is 15.1. The van der Waals surface area contributed by atoms with Crippen LogP contribution in [0, 0.1) is 0 Å². The third-order valence-electron chi connectivity index (χ3n) is 4.83. The molecule has 5 rings (SSSR count). The maximum absolute atomic E-state index is 13.0. The Hall–Kier alpha value is -3.26. The monoisotopic (exact) mass is 390 g/mol. The predicted molar refractivity (Wildman–Crippen MR) is 110 cm³/mol. The van der Waals surface area contributed by atoms with Gasteiger partial charge in [0, 0.05) is 25.4 Å². The maximum Gasteiger partial charge on any atom is 0.275 e. The highest BCUT2D eigenvalue weighted by Crippen LogP contribution is 2.32. The van der Waals surface area contributed by atoms with Crippen molar-refractivity contribution in [2.24, 2.45) is 0 Å². The molecule has 4 aromatic rings. The average molecular weight is 390 g/mol. The van der Waals surface area contributed by atoms with E-state index in [-0.39, 0.29) is 5.91 Å². The number of nitrogens with zero attached hydrogens (tertiary/aromatic N) is 5. The Labute approximate surface area is 165 Å². The van der Waals surface area contributed by atoms with Crippen LogP contribution in [0.1, 0.15) is 23.3 Å². The molecule has 0 aromatic carbocycles. The van der Waals surface area contributed by atoms with Gasteiger partial charge in [-0.25, -0.2) is 15.0 Å². The molecule has 5 heterocycles. The summed E-state index contributed by atoms with van der Waals surface area (Å²) in [6, 6.07) is 11.5. The van der Waals surface area contributed by atoms with Gasteiger partial charge in [-0.1, -0.05) is 12.1 Å². The van der Waals surface area contributed by atoms with Gasteiger partial charge in [0.15, 0.2) is 0 Å². The third-order valence-corrected chi connectivity index (χ3v) is 5.71. The molecule has 0 spiro atoms. The Bertz CT molecular complexity index is 1130. The van der Waals surface area contributed by atoms with Gasteiger partial charge < -0.3 is 10.2 Å². The third kappa shape index (κ3) is 3.01. The molecule has 1 aliphatic heterocycles. The van der Waals surface area contributed by atoms with Gasteiger partial charge in [-0.15, -0.1) is 11.3 Å². The lowest BCUT2D eigenvalue weighted by Crippen LogP contribution is -2.21. The van der Waals surface area contributed by atoms with Gasteiger partial charge in [-0.3, -0.25) is 9.20 Å². The number of pyridine rings is 1. The minimum atomic E-state index is -0.272. The first kappa shape index (κ1) is 16.9. The molecule has 1 N–H and O–H groups in total. The van der Waals surface area contributed by atoms with Crippen LogP contribution in [0.4, 0.5) is 11.6 Å². The average Bonchev–Trinajstić information content (AvgIpc) is 3.49. The van der Waals surface area contributed by atoms with Crippen LogP contribution in [-0.4, -0.2) is 38.3 Å².